The van der Waals surface area contributed by atoms with E-state index in [4.69, 9.17) is 27.9 Å². The van der Waals surface area contributed by atoms with Gasteiger partial charge in [-0.15, -0.1) is 0 Å². The second-order valence-electron chi connectivity index (χ2n) is 3.26. The number of ether oxygens (including phenoxy) is 1. The molecule has 1 radical (unpaired) electrons. The summed E-state index contributed by atoms with van der Waals surface area (Å²) >= 11 is 11.9. The standard InChI is InChI=1S/C13H9Cl2O/c14-11-6-7-13(15)10(8-11)9-16-12-4-2-1-3-5-12/h1-2,4-8H,9H2. The van der Waals surface area contributed by atoms with E-state index in [0.717, 1.165) is 11.3 Å². The molecule has 81 valence electrons. The van der Waals surface area contributed by atoms with Gasteiger partial charge in [-0.3, -0.25) is 0 Å². The zero-order valence-corrected chi connectivity index (χ0v) is 9.92. The molecule has 0 atom stereocenters. The van der Waals surface area contributed by atoms with Gasteiger partial charge in [0.15, 0.2) is 0 Å². The van der Waals surface area contributed by atoms with Gasteiger partial charge >= 0.3 is 0 Å². The first-order valence-electron chi connectivity index (χ1n) is 4.78. The maximum absolute atomic E-state index is 6.02. The van der Waals surface area contributed by atoms with Gasteiger partial charge in [0.2, 0.25) is 0 Å². The van der Waals surface area contributed by atoms with Gasteiger partial charge in [0.1, 0.15) is 12.4 Å². The predicted octanol–water partition coefficient (Wildman–Crippen LogP) is 4.37. The lowest BCUT2D eigenvalue weighted by atomic mass is 10.2. The Labute approximate surface area is 105 Å². The van der Waals surface area contributed by atoms with Crippen molar-refractivity contribution in [2.45, 2.75) is 6.61 Å². The third-order valence-corrected chi connectivity index (χ3v) is 2.68. The van der Waals surface area contributed by atoms with Crippen molar-refractivity contribution in [2.24, 2.45) is 0 Å². The van der Waals surface area contributed by atoms with Crippen molar-refractivity contribution in [1.29, 1.82) is 0 Å². The van der Waals surface area contributed by atoms with E-state index in [1.54, 1.807) is 24.3 Å². The van der Waals surface area contributed by atoms with Crippen molar-refractivity contribution < 1.29 is 4.74 Å². The van der Waals surface area contributed by atoms with Crippen LogP contribution in [0.3, 0.4) is 0 Å². The minimum atomic E-state index is 0.400. The van der Waals surface area contributed by atoms with Crippen LogP contribution in [0.5, 0.6) is 5.75 Å². The van der Waals surface area contributed by atoms with Crippen molar-refractivity contribution in [3.63, 3.8) is 0 Å². The summed E-state index contributed by atoms with van der Waals surface area (Å²) in [6.45, 7) is 0.400. The highest BCUT2D eigenvalue weighted by Gasteiger charge is 2.02. The lowest BCUT2D eigenvalue weighted by molar-refractivity contribution is 0.306. The average molecular weight is 252 g/mol. The average Bonchev–Trinajstić information content (AvgIpc) is 2.32. The van der Waals surface area contributed by atoms with Gasteiger partial charge in [0.05, 0.1) is 0 Å². The Bertz CT molecular complexity index is 469. The predicted molar refractivity (Wildman–Crippen MR) is 66.1 cm³/mol. The summed E-state index contributed by atoms with van der Waals surface area (Å²) in [7, 11) is 0. The molecule has 0 bridgehead atoms. The maximum Gasteiger partial charge on any atom is 0.120 e. The van der Waals surface area contributed by atoms with E-state index in [2.05, 4.69) is 6.07 Å². The first-order valence-corrected chi connectivity index (χ1v) is 5.54. The Hall–Kier alpha value is -1.18. The summed E-state index contributed by atoms with van der Waals surface area (Å²) in [4.78, 5) is 0. The topological polar surface area (TPSA) is 9.23 Å². The molecule has 0 amide bonds. The quantitative estimate of drug-likeness (QED) is 0.787. The Morgan fingerprint density at radius 3 is 2.81 bits per heavy atom. The molecule has 16 heavy (non-hydrogen) atoms. The Morgan fingerprint density at radius 2 is 2.06 bits per heavy atom. The highest BCUT2D eigenvalue weighted by molar-refractivity contribution is 6.33. The summed E-state index contributed by atoms with van der Waals surface area (Å²) in [6.07, 6.45) is 0. The van der Waals surface area contributed by atoms with Gasteiger partial charge in [-0.1, -0.05) is 35.3 Å². The zero-order chi connectivity index (χ0) is 11.4. The van der Waals surface area contributed by atoms with E-state index in [-0.39, 0.29) is 0 Å². The van der Waals surface area contributed by atoms with Crippen molar-refractivity contribution >= 4 is 23.2 Å². The summed E-state index contributed by atoms with van der Waals surface area (Å²) in [6, 6.07) is 15.6. The molecular weight excluding hydrogens is 243 g/mol. The van der Waals surface area contributed by atoms with Gasteiger partial charge in [0, 0.05) is 15.6 Å². The van der Waals surface area contributed by atoms with Crippen LogP contribution >= 0.6 is 23.2 Å². The van der Waals surface area contributed by atoms with Gasteiger partial charge in [-0.25, -0.2) is 0 Å². The Morgan fingerprint density at radius 1 is 1.19 bits per heavy atom. The summed E-state index contributed by atoms with van der Waals surface area (Å²) in [5.74, 6) is 0.763. The Balaban J connectivity index is 2.08. The van der Waals surface area contributed by atoms with Gasteiger partial charge in [0.25, 0.3) is 0 Å². The fraction of sp³-hybridized carbons (Fsp3) is 0.0769. The third kappa shape index (κ3) is 2.91. The van der Waals surface area contributed by atoms with Crippen LogP contribution in [0.4, 0.5) is 0 Å². The molecule has 0 spiro atoms. The molecule has 0 aliphatic heterocycles. The molecule has 0 saturated heterocycles. The lowest BCUT2D eigenvalue weighted by Gasteiger charge is -2.07. The fourth-order valence-electron chi connectivity index (χ4n) is 1.28. The van der Waals surface area contributed by atoms with Crippen LogP contribution in [0.25, 0.3) is 0 Å². The number of hydrogen-bond donors (Lipinski definition) is 0. The maximum atomic E-state index is 6.02. The van der Waals surface area contributed by atoms with E-state index in [0.29, 0.717) is 16.7 Å². The molecule has 2 aromatic rings. The minimum Gasteiger partial charge on any atom is -0.489 e. The molecule has 1 nitrogen and oxygen atoms in total. The molecule has 0 N–H and O–H groups in total. The molecule has 0 saturated carbocycles. The van der Waals surface area contributed by atoms with Crippen LogP contribution in [-0.2, 0) is 6.61 Å². The van der Waals surface area contributed by atoms with Crippen molar-refractivity contribution in [3.05, 3.63) is 64.1 Å². The number of rotatable bonds is 3. The Kier molecular flexibility index (Phi) is 3.70. The van der Waals surface area contributed by atoms with Crippen LogP contribution < -0.4 is 4.74 Å². The molecule has 0 aromatic heterocycles. The van der Waals surface area contributed by atoms with Crippen LogP contribution in [0.1, 0.15) is 5.56 Å². The number of halogens is 2. The molecular formula is C13H9Cl2O. The van der Waals surface area contributed by atoms with E-state index >= 15 is 0 Å². The van der Waals surface area contributed by atoms with Crippen LogP contribution in [-0.4, -0.2) is 0 Å². The molecule has 0 fully saturated rings. The van der Waals surface area contributed by atoms with Gasteiger partial charge in [-0.05, 0) is 36.4 Å². The van der Waals surface area contributed by atoms with Gasteiger partial charge < -0.3 is 4.74 Å². The van der Waals surface area contributed by atoms with Crippen LogP contribution in [0.15, 0.2) is 42.5 Å². The highest BCUT2D eigenvalue weighted by Crippen LogP contribution is 2.22. The van der Waals surface area contributed by atoms with Crippen LogP contribution in [0.2, 0.25) is 10.0 Å². The third-order valence-electron chi connectivity index (χ3n) is 2.08. The second kappa shape index (κ2) is 5.24. The monoisotopic (exact) mass is 251 g/mol. The van der Waals surface area contributed by atoms with Crippen molar-refractivity contribution in [1.82, 2.24) is 0 Å². The molecule has 0 unspecified atom stereocenters. The summed E-state index contributed by atoms with van der Waals surface area (Å²) < 4.78 is 5.55. The van der Waals surface area contributed by atoms with Crippen molar-refractivity contribution in [3.8, 4) is 5.75 Å². The second-order valence-corrected chi connectivity index (χ2v) is 4.11. The van der Waals surface area contributed by atoms with Gasteiger partial charge in [-0.2, -0.15) is 0 Å². The van der Waals surface area contributed by atoms with E-state index in [1.807, 2.05) is 18.2 Å². The van der Waals surface area contributed by atoms with E-state index < -0.39 is 0 Å². The number of hydrogen-bond acceptors (Lipinski definition) is 1. The minimum absolute atomic E-state index is 0.400. The highest BCUT2D eigenvalue weighted by atomic mass is 35.5. The van der Waals surface area contributed by atoms with Crippen molar-refractivity contribution in [2.75, 3.05) is 0 Å². The fourth-order valence-corrected chi connectivity index (χ4v) is 1.65. The molecule has 0 aliphatic carbocycles. The number of benzene rings is 2. The van der Waals surface area contributed by atoms with E-state index in [9.17, 15) is 0 Å². The van der Waals surface area contributed by atoms with Crippen LogP contribution in [0, 0.1) is 6.07 Å². The van der Waals surface area contributed by atoms with E-state index in [1.165, 1.54) is 0 Å². The largest absolute Gasteiger partial charge is 0.489 e. The normalized spacial score (nSPS) is 10.1. The first-order chi connectivity index (χ1) is 7.75. The zero-order valence-electron chi connectivity index (χ0n) is 8.41. The summed E-state index contributed by atoms with van der Waals surface area (Å²) in [5, 5.41) is 1.31. The lowest BCUT2D eigenvalue weighted by Crippen LogP contribution is -1.96. The molecule has 2 aromatic carbocycles. The molecule has 3 heteroatoms. The summed E-state index contributed by atoms with van der Waals surface area (Å²) in [5.41, 5.74) is 0.873. The smallest absolute Gasteiger partial charge is 0.120 e. The first kappa shape index (κ1) is 11.3. The molecule has 0 heterocycles. The molecule has 0 aliphatic rings. The molecule has 2 rings (SSSR count). The SMILES string of the molecule is Clc1ccc(Cl)c(COc2c[c]ccc2)c1.